The molecule has 5 nitrogen and oxygen atoms in total. The van der Waals surface area contributed by atoms with Crippen molar-refractivity contribution in [1.82, 2.24) is 4.72 Å². The number of rotatable bonds is 8. The minimum absolute atomic E-state index is 0.249. The van der Waals surface area contributed by atoms with E-state index in [1.54, 1.807) is 36.9 Å². The van der Waals surface area contributed by atoms with E-state index in [0.29, 0.717) is 18.3 Å². The van der Waals surface area contributed by atoms with Crippen LogP contribution < -0.4 is 15.4 Å². The van der Waals surface area contributed by atoms with Gasteiger partial charge in [0.15, 0.2) is 0 Å². The summed E-state index contributed by atoms with van der Waals surface area (Å²) in [5.74, 6) is 0.969. The van der Waals surface area contributed by atoms with E-state index in [-0.39, 0.29) is 4.90 Å². The summed E-state index contributed by atoms with van der Waals surface area (Å²) in [5, 5.41) is 0. The van der Waals surface area contributed by atoms with Gasteiger partial charge in [0.25, 0.3) is 0 Å². The molecule has 1 atom stereocenters. The average Bonchev–Trinajstić information content (AvgIpc) is 2.44. The molecule has 0 heterocycles. The van der Waals surface area contributed by atoms with Gasteiger partial charge < -0.3 is 10.6 Å². The number of thioether (sulfide) groups is 1. The van der Waals surface area contributed by atoms with Crippen LogP contribution in [0.15, 0.2) is 23.1 Å². The number of anilines is 2. The van der Waals surface area contributed by atoms with Gasteiger partial charge in [0.05, 0.1) is 16.3 Å². The zero-order chi connectivity index (χ0) is 16.0. The van der Waals surface area contributed by atoms with Crippen LogP contribution in [0.3, 0.4) is 0 Å². The molecule has 0 aromatic heterocycles. The Balaban J connectivity index is 3.18. The molecule has 0 amide bonds. The molecule has 7 heteroatoms. The number of nitrogens with zero attached hydrogens (tertiary/aromatic N) is 1. The zero-order valence-electron chi connectivity index (χ0n) is 13.1. The van der Waals surface area contributed by atoms with E-state index in [1.165, 1.54) is 0 Å². The lowest BCUT2D eigenvalue weighted by molar-refractivity contribution is 0.584. The Kier molecular flexibility index (Phi) is 6.83. The summed E-state index contributed by atoms with van der Waals surface area (Å²) in [6, 6.07) is 5.16. The Bertz CT molecular complexity index is 561. The van der Waals surface area contributed by atoms with Crippen molar-refractivity contribution in [3.63, 3.8) is 0 Å². The third-order valence-electron chi connectivity index (χ3n) is 3.40. The molecular weight excluding hydrogens is 306 g/mol. The Labute approximate surface area is 132 Å². The van der Waals surface area contributed by atoms with Crippen molar-refractivity contribution in [3.05, 3.63) is 18.2 Å². The van der Waals surface area contributed by atoms with Crippen molar-refractivity contribution in [3.8, 4) is 0 Å². The Hall–Kier alpha value is -0.920. The number of hydrogen-bond acceptors (Lipinski definition) is 5. The summed E-state index contributed by atoms with van der Waals surface area (Å²) in [4.78, 5) is 2.32. The van der Waals surface area contributed by atoms with Crippen LogP contribution in [-0.4, -0.2) is 40.1 Å². The summed E-state index contributed by atoms with van der Waals surface area (Å²) < 4.78 is 26.7. The lowest BCUT2D eigenvalue weighted by atomic mass is 10.2. The van der Waals surface area contributed by atoms with Gasteiger partial charge in [0.2, 0.25) is 10.0 Å². The number of sulfonamides is 1. The first-order valence-corrected chi connectivity index (χ1v) is 9.86. The average molecular weight is 332 g/mol. The topological polar surface area (TPSA) is 75.4 Å². The second-order valence-electron chi connectivity index (χ2n) is 4.85. The second-order valence-corrected chi connectivity index (χ2v) is 7.53. The monoisotopic (exact) mass is 331 g/mol. The summed E-state index contributed by atoms with van der Waals surface area (Å²) in [5.41, 5.74) is 7.38. The smallest absolute Gasteiger partial charge is 0.240 e. The summed E-state index contributed by atoms with van der Waals surface area (Å²) >= 11 is 1.77. The Morgan fingerprint density at radius 2 is 2.05 bits per heavy atom. The minimum atomic E-state index is -3.47. The number of nitrogen functional groups attached to an aromatic ring is 1. The molecule has 0 spiro atoms. The number of hydrogen-bond donors (Lipinski definition) is 2. The first-order chi connectivity index (χ1) is 9.87. The number of benzene rings is 1. The summed E-state index contributed by atoms with van der Waals surface area (Å²) in [6.45, 7) is 4.24. The van der Waals surface area contributed by atoms with Gasteiger partial charge in [-0.05, 0) is 30.9 Å². The van der Waals surface area contributed by atoms with Crippen LogP contribution in [0.1, 0.15) is 20.3 Å². The molecule has 1 rings (SSSR count). The van der Waals surface area contributed by atoms with E-state index in [1.807, 2.05) is 7.05 Å². The van der Waals surface area contributed by atoms with E-state index >= 15 is 0 Å². The predicted molar refractivity (Wildman–Crippen MR) is 92.6 cm³/mol. The molecule has 0 aliphatic carbocycles. The third kappa shape index (κ3) is 4.52. The molecule has 0 radical (unpaired) electrons. The van der Waals surface area contributed by atoms with Gasteiger partial charge >= 0.3 is 0 Å². The first-order valence-electron chi connectivity index (χ1n) is 6.98. The van der Waals surface area contributed by atoms with Crippen molar-refractivity contribution in [1.29, 1.82) is 0 Å². The van der Waals surface area contributed by atoms with Crippen LogP contribution in [0.25, 0.3) is 0 Å². The van der Waals surface area contributed by atoms with Crippen molar-refractivity contribution in [2.45, 2.75) is 31.2 Å². The zero-order valence-corrected chi connectivity index (χ0v) is 14.7. The van der Waals surface area contributed by atoms with E-state index in [4.69, 9.17) is 5.73 Å². The largest absolute Gasteiger partial charge is 0.397 e. The molecule has 0 aliphatic rings. The van der Waals surface area contributed by atoms with Crippen molar-refractivity contribution >= 4 is 33.2 Å². The molecule has 21 heavy (non-hydrogen) atoms. The molecule has 0 saturated carbocycles. The fraction of sp³-hybridized carbons (Fsp3) is 0.571. The third-order valence-corrected chi connectivity index (χ3v) is 5.67. The normalized spacial score (nSPS) is 13.1. The fourth-order valence-corrected chi connectivity index (χ4v) is 4.07. The second kappa shape index (κ2) is 7.91. The van der Waals surface area contributed by atoms with Gasteiger partial charge in [-0.1, -0.05) is 13.8 Å². The van der Waals surface area contributed by atoms with Crippen LogP contribution in [0, 0.1) is 0 Å². The number of nitrogens with two attached hydrogens (primary N) is 1. The summed E-state index contributed by atoms with van der Waals surface area (Å²) in [6.07, 6.45) is 3.03. The van der Waals surface area contributed by atoms with Crippen LogP contribution >= 0.6 is 11.8 Å². The molecule has 1 unspecified atom stereocenters. The predicted octanol–water partition coefficient (Wildman–Crippen LogP) is 2.14. The Morgan fingerprint density at radius 3 is 2.57 bits per heavy atom. The summed E-state index contributed by atoms with van der Waals surface area (Å²) in [7, 11) is -1.51. The van der Waals surface area contributed by atoms with Gasteiger partial charge in [0.1, 0.15) is 0 Å². The van der Waals surface area contributed by atoms with E-state index in [9.17, 15) is 8.42 Å². The molecule has 1 aromatic carbocycles. The van der Waals surface area contributed by atoms with E-state index in [2.05, 4.69) is 22.8 Å². The van der Waals surface area contributed by atoms with Gasteiger partial charge in [-0.3, -0.25) is 0 Å². The Morgan fingerprint density at radius 1 is 1.38 bits per heavy atom. The van der Waals surface area contributed by atoms with Crippen LogP contribution in [0.4, 0.5) is 11.4 Å². The highest BCUT2D eigenvalue weighted by atomic mass is 32.2. The molecule has 3 N–H and O–H groups in total. The molecule has 0 bridgehead atoms. The highest BCUT2D eigenvalue weighted by molar-refractivity contribution is 7.98. The van der Waals surface area contributed by atoms with Gasteiger partial charge in [0, 0.05) is 25.4 Å². The highest BCUT2D eigenvalue weighted by Crippen LogP contribution is 2.28. The molecule has 0 fully saturated rings. The molecule has 0 aliphatic heterocycles. The van der Waals surface area contributed by atoms with Gasteiger partial charge in [-0.15, -0.1) is 0 Å². The maximum Gasteiger partial charge on any atom is 0.240 e. The van der Waals surface area contributed by atoms with Gasteiger partial charge in [-0.25, -0.2) is 13.1 Å². The maximum absolute atomic E-state index is 12.1. The lowest BCUT2D eigenvalue weighted by Crippen LogP contribution is -2.34. The van der Waals surface area contributed by atoms with Crippen molar-refractivity contribution in [2.75, 3.05) is 36.2 Å². The molecule has 120 valence electrons. The van der Waals surface area contributed by atoms with Crippen LogP contribution in [-0.2, 0) is 10.0 Å². The van der Waals surface area contributed by atoms with Crippen molar-refractivity contribution < 1.29 is 8.42 Å². The van der Waals surface area contributed by atoms with Crippen molar-refractivity contribution in [2.24, 2.45) is 0 Å². The van der Waals surface area contributed by atoms with E-state index in [0.717, 1.165) is 17.9 Å². The SMILES string of the molecule is CCNS(=O)(=O)c1ccc(N)c(N(C)C(CC)CSC)c1. The van der Waals surface area contributed by atoms with E-state index < -0.39 is 10.0 Å². The quantitative estimate of drug-likeness (QED) is 0.714. The minimum Gasteiger partial charge on any atom is -0.397 e. The molecular formula is C14H25N3O2S2. The fourth-order valence-electron chi connectivity index (χ4n) is 2.16. The first kappa shape index (κ1) is 18.1. The molecule has 0 saturated heterocycles. The van der Waals surface area contributed by atoms with Crippen LogP contribution in [0.5, 0.6) is 0 Å². The number of nitrogens with one attached hydrogen (secondary N) is 1. The highest BCUT2D eigenvalue weighted by Gasteiger charge is 2.19. The van der Waals surface area contributed by atoms with Crippen LogP contribution in [0.2, 0.25) is 0 Å². The maximum atomic E-state index is 12.1. The van der Waals surface area contributed by atoms with Gasteiger partial charge in [-0.2, -0.15) is 11.8 Å². The molecule has 1 aromatic rings. The standard InChI is InChI=1S/C14H25N3O2S2/c1-5-11(10-20-4)17(3)14-9-12(7-8-13(14)15)21(18,19)16-6-2/h7-9,11,16H,5-6,10,15H2,1-4H3. The lowest BCUT2D eigenvalue weighted by Gasteiger charge is -2.30.